The molecule has 0 heterocycles. The summed E-state index contributed by atoms with van der Waals surface area (Å²) in [5, 5.41) is 0. The standard InChI is InChI=1S/C63H106O9/c1-6-8-10-12-14-16-18-20-22-24-26-28-30-32-34-36-58(65)69-48-53(49-70-59(66)37-35-33-31-29-27-25-23-21-19-17-15-13-11-9-7-2)72-61(68)47-60(67)71-52-42-44-62(4)51(46-52)38-39-54-56-41-40-55(50(3)64)63(56,5)45-43-57(54)62/h20-23,51-57H,6-19,24-49H2,1-5H3/b22-20-,23-21-/t51-,52+,54-,55+,56-,57-,62-,63+/m0/s1. The highest BCUT2D eigenvalue weighted by Gasteiger charge is 2.61. The van der Waals surface area contributed by atoms with Crippen molar-refractivity contribution in [2.75, 3.05) is 13.2 Å². The Hall–Kier alpha value is -2.97. The maximum absolute atomic E-state index is 13.3. The molecule has 0 saturated heterocycles. The van der Waals surface area contributed by atoms with Crippen molar-refractivity contribution >= 4 is 29.7 Å². The zero-order valence-electron chi connectivity index (χ0n) is 46.8. The lowest BCUT2D eigenvalue weighted by Crippen LogP contribution is -2.54. The number of hydrogen-bond acceptors (Lipinski definition) is 9. The maximum Gasteiger partial charge on any atom is 0.317 e. The predicted molar refractivity (Wildman–Crippen MR) is 291 cm³/mol. The van der Waals surface area contributed by atoms with E-state index in [1.165, 1.54) is 109 Å². The number of allylic oxidation sites excluding steroid dienone is 4. The number of fused-ring (bicyclic) bond motifs is 5. The van der Waals surface area contributed by atoms with E-state index in [9.17, 15) is 24.0 Å². The van der Waals surface area contributed by atoms with Crippen molar-refractivity contribution in [1.29, 1.82) is 0 Å². The van der Waals surface area contributed by atoms with Crippen molar-refractivity contribution in [2.24, 2.45) is 40.4 Å². The second kappa shape index (κ2) is 35.3. The van der Waals surface area contributed by atoms with Gasteiger partial charge in [0.05, 0.1) is 0 Å². The SMILES string of the molecule is CCCCCCCC/C=C\CCCCCCCC(=O)OCC(COC(=O)CCCCCCC/C=C\CCCCCCCC)OC(=O)CC(=O)O[C@@H]1CC[C@@]2(C)[C@@H](CC[C@@H]3[C@@H]2CC[C@]2(C)[C@@H](C(C)=O)CC[C@@H]32)C1. The monoisotopic (exact) mass is 1010 g/mol. The number of esters is 4. The molecule has 0 aromatic rings. The molecule has 0 aliphatic heterocycles. The van der Waals surface area contributed by atoms with E-state index in [1.807, 2.05) is 0 Å². The third-order valence-electron chi connectivity index (χ3n) is 18.1. The zero-order chi connectivity index (χ0) is 51.9. The van der Waals surface area contributed by atoms with Crippen molar-refractivity contribution < 1.29 is 42.9 Å². The Balaban J connectivity index is 1.15. The van der Waals surface area contributed by atoms with Gasteiger partial charge in [0.25, 0.3) is 0 Å². The molecule has 0 amide bonds. The molecule has 0 bridgehead atoms. The van der Waals surface area contributed by atoms with Gasteiger partial charge in [-0.2, -0.15) is 0 Å². The Labute approximate surface area is 439 Å². The van der Waals surface area contributed by atoms with Crippen LogP contribution in [0, 0.1) is 40.4 Å². The summed E-state index contributed by atoms with van der Waals surface area (Å²) in [7, 11) is 0. The van der Waals surface area contributed by atoms with E-state index in [4.69, 9.17) is 18.9 Å². The molecule has 0 unspecified atom stereocenters. The lowest BCUT2D eigenvalue weighted by atomic mass is 9.44. The van der Waals surface area contributed by atoms with Gasteiger partial charge in [-0.3, -0.25) is 24.0 Å². The van der Waals surface area contributed by atoms with Gasteiger partial charge in [-0.25, -0.2) is 0 Å². The highest BCUT2D eigenvalue weighted by molar-refractivity contribution is 5.91. The molecule has 8 atom stereocenters. The minimum atomic E-state index is -1.02. The Morgan fingerprint density at radius 3 is 1.46 bits per heavy atom. The Kier molecular flexibility index (Phi) is 30.2. The molecule has 412 valence electrons. The van der Waals surface area contributed by atoms with Crippen molar-refractivity contribution in [3.63, 3.8) is 0 Å². The Morgan fingerprint density at radius 1 is 0.500 bits per heavy atom. The van der Waals surface area contributed by atoms with E-state index in [2.05, 4.69) is 52.0 Å². The second-order valence-corrected chi connectivity index (χ2v) is 23.7. The smallest absolute Gasteiger partial charge is 0.317 e. The summed E-state index contributed by atoms with van der Waals surface area (Å²) in [6.07, 6.45) is 47.9. The first-order valence-electron chi connectivity index (χ1n) is 30.4. The lowest BCUT2D eigenvalue weighted by molar-refractivity contribution is -0.174. The summed E-state index contributed by atoms with van der Waals surface area (Å²) >= 11 is 0. The molecule has 4 aliphatic rings. The number of Topliss-reactive ketones (excluding diaryl/α,β-unsaturated/α-hetero) is 1. The fraction of sp³-hybridized carbons (Fsp3) is 0.857. The van der Waals surface area contributed by atoms with E-state index >= 15 is 0 Å². The molecule has 9 nitrogen and oxygen atoms in total. The molecule has 4 fully saturated rings. The van der Waals surface area contributed by atoms with Gasteiger partial charge in [0.1, 0.15) is 31.5 Å². The fourth-order valence-corrected chi connectivity index (χ4v) is 13.9. The molecule has 4 rings (SSSR count). The number of ketones is 1. The van der Waals surface area contributed by atoms with E-state index in [1.54, 1.807) is 6.92 Å². The van der Waals surface area contributed by atoms with Crippen molar-refractivity contribution in [2.45, 2.75) is 291 Å². The quantitative estimate of drug-likeness (QED) is 0.0195. The van der Waals surface area contributed by atoms with Crippen molar-refractivity contribution in [3.05, 3.63) is 24.3 Å². The summed E-state index contributed by atoms with van der Waals surface area (Å²) in [6, 6.07) is 0. The fourth-order valence-electron chi connectivity index (χ4n) is 13.9. The molecule has 4 saturated carbocycles. The van der Waals surface area contributed by atoms with Crippen LogP contribution >= 0.6 is 0 Å². The summed E-state index contributed by atoms with van der Waals surface area (Å²) in [5.41, 5.74) is 0.323. The van der Waals surface area contributed by atoms with Crippen LogP contribution in [-0.4, -0.2) is 55.1 Å². The average Bonchev–Trinajstić information content (AvgIpc) is 3.72. The van der Waals surface area contributed by atoms with Crippen LogP contribution in [-0.2, 0) is 42.9 Å². The molecule has 4 aliphatic carbocycles. The highest BCUT2D eigenvalue weighted by Crippen LogP contribution is 2.67. The van der Waals surface area contributed by atoms with Crippen LogP contribution in [0.25, 0.3) is 0 Å². The molecule has 0 aromatic heterocycles. The van der Waals surface area contributed by atoms with Crippen molar-refractivity contribution in [3.8, 4) is 0 Å². The number of carbonyl (C=O) groups is 5. The third-order valence-corrected chi connectivity index (χ3v) is 18.1. The first-order chi connectivity index (χ1) is 34.9. The summed E-state index contributed by atoms with van der Waals surface area (Å²) in [4.78, 5) is 64.7. The molecule has 0 spiro atoms. The number of rotatable bonds is 39. The van der Waals surface area contributed by atoms with Gasteiger partial charge in [-0.1, -0.05) is 155 Å². The minimum absolute atomic E-state index is 0.132. The average molecular weight is 1010 g/mol. The van der Waals surface area contributed by atoms with Crippen LogP contribution in [0.2, 0.25) is 0 Å². The van der Waals surface area contributed by atoms with Gasteiger partial charge in [0.15, 0.2) is 6.10 Å². The lowest BCUT2D eigenvalue weighted by Gasteiger charge is -2.61. The van der Waals surface area contributed by atoms with E-state index in [0.717, 1.165) is 116 Å². The van der Waals surface area contributed by atoms with E-state index in [0.29, 0.717) is 29.5 Å². The van der Waals surface area contributed by atoms with Gasteiger partial charge in [-0.15, -0.1) is 0 Å². The molecular formula is C63H106O9. The number of unbranched alkanes of at least 4 members (excludes halogenated alkanes) is 22. The summed E-state index contributed by atoms with van der Waals surface area (Å²) in [5.74, 6) is 0.795. The Bertz CT molecular complexity index is 1560. The third kappa shape index (κ3) is 22.1. The number of carbonyl (C=O) groups excluding carboxylic acids is 5. The van der Waals surface area contributed by atoms with Crippen LogP contribution in [0.1, 0.15) is 279 Å². The molecule has 72 heavy (non-hydrogen) atoms. The summed E-state index contributed by atoms with van der Waals surface area (Å²) in [6.45, 7) is 10.7. The van der Waals surface area contributed by atoms with Gasteiger partial charge >= 0.3 is 23.9 Å². The predicted octanol–water partition coefficient (Wildman–Crippen LogP) is 16.6. The first-order valence-corrected chi connectivity index (χ1v) is 30.4. The first kappa shape index (κ1) is 61.6. The second-order valence-electron chi connectivity index (χ2n) is 23.7. The largest absolute Gasteiger partial charge is 0.462 e. The van der Waals surface area contributed by atoms with Crippen LogP contribution in [0.5, 0.6) is 0 Å². The van der Waals surface area contributed by atoms with Crippen LogP contribution < -0.4 is 0 Å². The topological polar surface area (TPSA) is 122 Å². The van der Waals surface area contributed by atoms with Crippen LogP contribution in [0.4, 0.5) is 0 Å². The molecular weight excluding hydrogens is 901 g/mol. The molecule has 0 N–H and O–H groups in total. The minimum Gasteiger partial charge on any atom is -0.462 e. The molecule has 0 radical (unpaired) electrons. The van der Waals surface area contributed by atoms with E-state index < -0.39 is 24.5 Å². The molecule has 0 aromatic carbocycles. The number of ether oxygens (including phenoxy) is 4. The van der Waals surface area contributed by atoms with Crippen molar-refractivity contribution in [1.82, 2.24) is 0 Å². The Morgan fingerprint density at radius 2 is 0.958 bits per heavy atom. The zero-order valence-corrected chi connectivity index (χ0v) is 46.8. The number of hydrogen-bond donors (Lipinski definition) is 0. The van der Waals surface area contributed by atoms with E-state index in [-0.39, 0.29) is 60.8 Å². The normalized spacial score (nSPS) is 25.8. The maximum atomic E-state index is 13.3. The van der Waals surface area contributed by atoms with Gasteiger partial charge in [0.2, 0.25) is 0 Å². The molecule has 9 heteroatoms. The van der Waals surface area contributed by atoms with Gasteiger partial charge in [-0.05, 0) is 163 Å². The van der Waals surface area contributed by atoms with Gasteiger partial charge in [0, 0.05) is 18.8 Å². The van der Waals surface area contributed by atoms with Crippen LogP contribution in [0.3, 0.4) is 0 Å². The summed E-state index contributed by atoms with van der Waals surface area (Å²) < 4.78 is 22.8. The highest BCUT2D eigenvalue weighted by atomic mass is 16.6. The van der Waals surface area contributed by atoms with Crippen LogP contribution in [0.15, 0.2) is 24.3 Å². The van der Waals surface area contributed by atoms with Gasteiger partial charge < -0.3 is 18.9 Å².